The molecule has 2 N–H and O–H groups in total. The Morgan fingerprint density at radius 1 is 1.47 bits per heavy atom. The molecule has 0 heterocycles. The summed E-state index contributed by atoms with van der Waals surface area (Å²) in [5, 5.41) is 11.4. The van der Waals surface area contributed by atoms with Crippen molar-refractivity contribution in [2.45, 2.75) is 6.04 Å². The molecule has 1 aromatic carbocycles. The van der Waals surface area contributed by atoms with Crippen molar-refractivity contribution in [3.63, 3.8) is 0 Å². The van der Waals surface area contributed by atoms with Crippen molar-refractivity contribution in [2.75, 3.05) is 26.1 Å². The molecule has 1 amide bonds. The number of carbonyl (C=O) groups is 2. The number of carboxylic acids is 1. The summed E-state index contributed by atoms with van der Waals surface area (Å²) in [7, 11) is 4.40. The lowest BCUT2D eigenvalue weighted by Gasteiger charge is -2.23. The third-order valence-electron chi connectivity index (χ3n) is 2.62. The lowest BCUT2D eigenvalue weighted by Crippen LogP contribution is -2.48. The monoisotopic (exact) mass is 330 g/mol. The fourth-order valence-electron chi connectivity index (χ4n) is 1.59. The number of aliphatic carboxylic acids is 1. The van der Waals surface area contributed by atoms with Crippen molar-refractivity contribution >= 4 is 33.5 Å². The quantitative estimate of drug-likeness (QED) is 0.790. The Morgan fingerprint density at radius 3 is 2.58 bits per heavy atom. The number of nitrogens with one attached hydrogen (secondary N) is 1. The Balaban J connectivity index is 3.12. The van der Waals surface area contributed by atoms with Gasteiger partial charge < -0.3 is 14.7 Å². The first-order valence-corrected chi connectivity index (χ1v) is 6.22. The normalized spacial score (nSPS) is 11.8. The maximum Gasteiger partial charge on any atom is 0.330 e. The molecule has 19 heavy (non-hydrogen) atoms. The molecule has 1 atom stereocenters. The predicted molar refractivity (Wildman–Crippen MR) is 74.6 cm³/mol. The van der Waals surface area contributed by atoms with Gasteiger partial charge in [0.1, 0.15) is 5.75 Å². The highest BCUT2D eigenvalue weighted by Crippen LogP contribution is 2.30. The van der Waals surface area contributed by atoms with Crippen molar-refractivity contribution in [3.8, 4) is 5.75 Å². The molecule has 0 radical (unpaired) electrons. The molecule has 7 heteroatoms. The van der Waals surface area contributed by atoms with Gasteiger partial charge in [-0.3, -0.25) is 10.1 Å². The molecular weight excluding hydrogens is 316 g/mol. The third-order valence-corrected chi connectivity index (χ3v) is 3.11. The average molecular weight is 331 g/mol. The lowest BCUT2D eigenvalue weighted by atomic mass is 10.2. The maximum absolute atomic E-state index is 12.1. The second-order valence-electron chi connectivity index (χ2n) is 3.77. The zero-order valence-electron chi connectivity index (χ0n) is 10.8. The van der Waals surface area contributed by atoms with Crippen LogP contribution >= 0.6 is 15.9 Å². The van der Waals surface area contributed by atoms with E-state index < -0.39 is 17.9 Å². The molecule has 1 rings (SSSR count). The molecule has 0 saturated carbocycles. The Bertz CT molecular complexity index is 493. The van der Waals surface area contributed by atoms with Crippen molar-refractivity contribution in [2.24, 2.45) is 0 Å². The fraction of sp³-hybridized carbons (Fsp3) is 0.333. The van der Waals surface area contributed by atoms with Gasteiger partial charge in [0.25, 0.3) is 5.91 Å². The number of amides is 1. The van der Waals surface area contributed by atoms with Gasteiger partial charge in [-0.2, -0.15) is 0 Å². The van der Waals surface area contributed by atoms with Gasteiger partial charge >= 0.3 is 5.97 Å². The topological polar surface area (TPSA) is 78.9 Å². The molecule has 104 valence electrons. The van der Waals surface area contributed by atoms with E-state index in [1.165, 1.54) is 26.1 Å². The molecule has 0 aliphatic rings. The summed E-state index contributed by atoms with van der Waals surface area (Å²) in [4.78, 5) is 24.3. The van der Waals surface area contributed by atoms with Gasteiger partial charge in [-0.1, -0.05) is 15.9 Å². The van der Waals surface area contributed by atoms with Gasteiger partial charge in [-0.15, -0.1) is 0 Å². The molecule has 0 aliphatic carbocycles. The molecule has 0 bridgehead atoms. The van der Waals surface area contributed by atoms with E-state index in [9.17, 15) is 9.59 Å². The summed E-state index contributed by atoms with van der Waals surface area (Å²) in [6.07, 6.45) is 0. The number of methoxy groups -OCH3 is 1. The van der Waals surface area contributed by atoms with Crippen LogP contribution in [0.1, 0.15) is 0 Å². The highest BCUT2D eigenvalue weighted by atomic mass is 79.9. The van der Waals surface area contributed by atoms with E-state index >= 15 is 0 Å². The maximum atomic E-state index is 12.1. The Kier molecular flexibility index (Phi) is 5.31. The number of rotatable bonds is 5. The number of nitrogens with zero attached hydrogens (tertiary/aromatic N) is 1. The van der Waals surface area contributed by atoms with Crippen molar-refractivity contribution in [1.29, 1.82) is 0 Å². The molecule has 0 saturated heterocycles. The summed E-state index contributed by atoms with van der Waals surface area (Å²) in [5.41, 5.74) is 0.489. The number of carbonyl (C=O) groups excluding carboxylic acids is 1. The first kappa shape index (κ1) is 15.5. The van der Waals surface area contributed by atoms with E-state index in [-0.39, 0.29) is 0 Å². The number of hydrogen-bond donors (Lipinski definition) is 2. The lowest BCUT2D eigenvalue weighted by molar-refractivity contribution is -0.143. The zero-order valence-corrected chi connectivity index (χ0v) is 12.4. The van der Waals surface area contributed by atoms with Gasteiger partial charge in [0.05, 0.1) is 12.8 Å². The minimum absolute atomic E-state index is 0.485. The van der Waals surface area contributed by atoms with E-state index in [0.717, 1.165) is 4.47 Å². The predicted octanol–water partition coefficient (Wildman–Crippen LogP) is 1.09. The second-order valence-corrected chi connectivity index (χ2v) is 4.69. The standard InChI is InChI=1S/C12H15BrN2O4/c1-14-10(12(17)18)11(16)15(2)8-6-7(13)4-5-9(8)19-3/h4-6,10,14H,1-3H3,(H,17,18). The SMILES string of the molecule is CNC(C(=O)O)C(=O)N(C)c1cc(Br)ccc1OC. The highest BCUT2D eigenvalue weighted by Gasteiger charge is 2.29. The third kappa shape index (κ3) is 3.45. The van der Waals surface area contributed by atoms with Crippen molar-refractivity contribution in [1.82, 2.24) is 5.32 Å². The van der Waals surface area contributed by atoms with Gasteiger partial charge in [-0.05, 0) is 25.2 Å². The number of ether oxygens (including phenoxy) is 1. The molecule has 0 spiro atoms. The van der Waals surface area contributed by atoms with E-state index in [0.29, 0.717) is 11.4 Å². The number of carboxylic acid groups (broad SMARTS) is 1. The fourth-order valence-corrected chi connectivity index (χ4v) is 1.94. The number of anilines is 1. The van der Waals surface area contributed by atoms with Crippen LogP contribution in [0.4, 0.5) is 5.69 Å². The van der Waals surface area contributed by atoms with Gasteiger partial charge in [0, 0.05) is 11.5 Å². The summed E-state index contributed by atoms with van der Waals surface area (Å²) >= 11 is 3.30. The zero-order chi connectivity index (χ0) is 14.6. The Hall–Kier alpha value is -1.60. The number of halogens is 1. The van der Waals surface area contributed by atoms with Gasteiger partial charge in [0.2, 0.25) is 0 Å². The molecule has 0 aliphatic heterocycles. The highest BCUT2D eigenvalue weighted by molar-refractivity contribution is 9.10. The number of hydrogen-bond acceptors (Lipinski definition) is 4. The van der Waals surface area contributed by atoms with Crippen LogP contribution < -0.4 is 15.0 Å². The van der Waals surface area contributed by atoms with E-state index in [4.69, 9.17) is 9.84 Å². The first-order chi connectivity index (χ1) is 8.92. The minimum atomic E-state index is -1.30. The van der Waals surface area contributed by atoms with Crippen molar-refractivity contribution < 1.29 is 19.4 Å². The van der Waals surface area contributed by atoms with Gasteiger partial charge in [-0.25, -0.2) is 4.79 Å². The molecule has 0 aromatic heterocycles. The summed E-state index contributed by atoms with van der Waals surface area (Å²) < 4.78 is 5.93. The molecule has 1 aromatic rings. The summed E-state index contributed by atoms with van der Waals surface area (Å²) in [5.74, 6) is -1.32. The van der Waals surface area contributed by atoms with Crippen molar-refractivity contribution in [3.05, 3.63) is 22.7 Å². The minimum Gasteiger partial charge on any atom is -0.495 e. The number of benzene rings is 1. The van der Waals surface area contributed by atoms with E-state index in [2.05, 4.69) is 21.2 Å². The molecule has 6 nitrogen and oxygen atoms in total. The van der Waals surface area contributed by atoms with Crippen LogP contribution in [0.3, 0.4) is 0 Å². The van der Waals surface area contributed by atoms with Crippen LogP contribution in [-0.4, -0.2) is 44.2 Å². The molecular formula is C12H15BrN2O4. The van der Waals surface area contributed by atoms with Crippen LogP contribution in [0.5, 0.6) is 5.75 Å². The van der Waals surface area contributed by atoms with Crippen LogP contribution in [0.2, 0.25) is 0 Å². The molecule has 0 fully saturated rings. The second kappa shape index (κ2) is 6.53. The van der Waals surface area contributed by atoms with Crippen LogP contribution in [0.15, 0.2) is 22.7 Å². The van der Waals surface area contributed by atoms with Crippen LogP contribution in [0, 0.1) is 0 Å². The Labute approximate surface area is 119 Å². The summed E-state index contributed by atoms with van der Waals surface area (Å²) in [6, 6.07) is 3.85. The first-order valence-electron chi connectivity index (χ1n) is 5.43. The summed E-state index contributed by atoms with van der Waals surface area (Å²) in [6.45, 7) is 0. The smallest absolute Gasteiger partial charge is 0.330 e. The number of likely N-dealkylation sites (N-methyl/N-ethyl adjacent to an activating group) is 2. The van der Waals surface area contributed by atoms with E-state index in [1.807, 2.05) is 0 Å². The molecule has 1 unspecified atom stereocenters. The van der Waals surface area contributed by atoms with E-state index in [1.54, 1.807) is 18.2 Å². The largest absolute Gasteiger partial charge is 0.495 e. The van der Waals surface area contributed by atoms with Gasteiger partial charge in [0.15, 0.2) is 6.04 Å². The van der Waals surface area contributed by atoms with Crippen LogP contribution in [-0.2, 0) is 9.59 Å². The van der Waals surface area contributed by atoms with Crippen LogP contribution in [0.25, 0.3) is 0 Å². The Morgan fingerprint density at radius 2 is 2.11 bits per heavy atom. The average Bonchev–Trinajstić information content (AvgIpc) is 2.38.